The average Bonchev–Trinajstić information content (AvgIpc) is 3.14. The van der Waals surface area contributed by atoms with Crippen molar-refractivity contribution in [2.24, 2.45) is 0 Å². The minimum Gasteiger partial charge on any atom is -0.375 e. The van der Waals surface area contributed by atoms with E-state index in [4.69, 9.17) is 5.73 Å². The molecule has 0 unspecified atom stereocenters. The van der Waals surface area contributed by atoms with E-state index in [-0.39, 0.29) is 0 Å². The highest BCUT2D eigenvalue weighted by Crippen LogP contribution is 2.28. The van der Waals surface area contributed by atoms with Gasteiger partial charge in [0.05, 0.1) is 17.6 Å². The monoisotopic (exact) mass is 485 g/mol. The lowest BCUT2D eigenvalue weighted by Crippen LogP contribution is -2.47. The Morgan fingerprint density at radius 1 is 1.21 bits per heavy atom. The summed E-state index contributed by atoms with van der Waals surface area (Å²) in [5, 5.41) is 12.8. The van der Waals surface area contributed by atoms with Gasteiger partial charge in [-0.2, -0.15) is 9.57 Å². The standard InChI is InChI=1S/C20H23N9O2S2/c1-13-9-14(10-15(24-13)12-28-5-7-29(8-6-28)33(2,30)31)25-20-23-4-3-16(26-20)18-17(11-21)32-19(22)27-18/h3-4,9-10H,5-8,12H2,1-2H3,(H2,22,27)(H,23,24,25,26). The summed E-state index contributed by atoms with van der Waals surface area (Å²) in [4.78, 5) is 20.2. The van der Waals surface area contributed by atoms with Crippen LogP contribution in [-0.2, 0) is 16.6 Å². The van der Waals surface area contributed by atoms with Gasteiger partial charge in [0.1, 0.15) is 16.6 Å². The summed E-state index contributed by atoms with van der Waals surface area (Å²) in [6.07, 6.45) is 2.84. The lowest BCUT2D eigenvalue weighted by molar-refractivity contribution is 0.180. The quantitative estimate of drug-likeness (QED) is 0.526. The van der Waals surface area contributed by atoms with Crippen LogP contribution in [0.25, 0.3) is 11.4 Å². The summed E-state index contributed by atoms with van der Waals surface area (Å²) in [6.45, 7) is 4.76. The molecule has 0 aromatic carbocycles. The second-order valence-electron chi connectivity index (χ2n) is 7.66. The first-order valence-corrected chi connectivity index (χ1v) is 12.8. The zero-order valence-electron chi connectivity index (χ0n) is 18.2. The molecule has 4 rings (SSSR count). The Hall–Kier alpha value is -3.18. The highest BCUT2D eigenvalue weighted by atomic mass is 32.2. The maximum absolute atomic E-state index is 11.7. The van der Waals surface area contributed by atoms with E-state index in [9.17, 15) is 13.7 Å². The number of hydrogen-bond acceptors (Lipinski definition) is 11. The van der Waals surface area contributed by atoms with Gasteiger partial charge in [-0.05, 0) is 25.1 Å². The molecule has 0 amide bonds. The summed E-state index contributed by atoms with van der Waals surface area (Å²) in [6, 6.07) is 7.59. The van der Waals surface area contributed by atoms with E-state index < -0.39 is 10.0 Å². The van der Waals surface area contributed by atoms with Crippen LogP contribution in [0.1, 0.15) is 16.3 Å². The number of nitrogens with one attached hydrogen (secondary N) is 1. The fourth-order valence-corrected chi connectivity index (χ4v) is 5.07. The maximum Gasteiger partial charge on any atom is 0.227 e. The van der Waals surface area contributed by atoms with Gasteiger partial charge in [-0.15, -0.1) is 0 Å². The molecule has 0 spiro atoms. The van der Waals surface area contributed by atoms with Crippen LogP contribution in [0.4, 0.5) is 16.8 Å². The van der Waals surface area contributed by atoms with Crippen molar-refractivity contribution < 1.29 is 8.42 Å². The summed E-state index contributed by atoms with van der Waals surface area (Å²) in [5.74, 6) is 0.362. The normalized spacial score (nSPS) is 15.3. The van der Waals surface area contributed by atoms with Crippen molar-refractivity contribution in [2.45, 2.75) is 13.5 Å². The molecule has 0 aliphatic carbocycles. The highest BCUT2D eigenvalue weighted by Gasteiger charge is 2.23. The van der Waals surface area contributed by atoms with Gasteiger partial charge < -0.3 is 11.1 Å². The number of sulfonamides is 1. The average molecular weight is 486 g/mol. The molecule has 0 atom stereocenters. The molecular weight excluding hydrogens is 462 g/mol. The fourth-order valence-electron chi connectivity index (χ4n) is 3.60. The Kier molecular flexibility index (Phi) is 6.52. The molecule has 172 valence electrons. The van der Waals surface area contributed by atoms with Gasteiger partial charge >= 0.3 is 0 Å². The van der Waals surface area contributed by atoms with Crippen LogP contribution in [-0.4, -0.2) is 70.0 Å². The Labute approximate surface area is 196 Å². The number of nitrogens with zero attached hydrogens (tertiary/aromatic N) is 7. The van der Waals surface area contributed by atoms with Crippen LogP contribution >= 0.6 is 11.3 Å². The van der Waals surface area contributed by atoms with Crippen LogP contribution in [0.2, 0.25) is 0 Å². The predicted molar refractivity (Wildman–Crippen MR) is 126 cm³/mol. The molecule has 3 aromatic heterocycles. The van der Waals surface area contributed by atoms with Gasteiger partial charge in [0.2, 0.25) is 16.0 Å². The fraction of sp³-hybridized carbons (Fsp3) is 0.350. The van der Waals surface area contributed by atoms with Crippen molar-refractivity contribution in [2.75, 3.05) is 43.5 Å². The molecule has 4 heterocycles. The summed E-state index contributed by atoms with van der Waals surface area (Å²) in [5.41, 5.74) is 9.16. The van der Waals surface area contributed by atoms with Crippen molar-refractivity contribution >= 4 is 38.1 Å². The third kappa shape index (κ3) is 5.60. The zero-order chi connectivity index (χ0) is 23.6. The number of aromatic nitrogens is 4. The van der Waals surface area contributed by atoms with Crippen LogP contribution in [0.15, 0.2) is 24.4 Å². The van der Waals surface area contributed by atoms with Gasteiger partial charge in [-0.25, -0.2) is 23.4 Å². The molecule has 1 aliphatic rings. The molecule has 33 heavy (non-hydrogen) atoms. The second kappa shape index (κ2) is 9.36. The number of rotatable bonds is 6. The molecule has 1 fully saturated rings. The third-order valence-electron chi connectivity index (χ3n) is 5.09. The van der Waals surface area contributed by atoms with E-state index >= 15 is 0 Å². The maximum atomic E-state index is 11.7. The van der Waals surface area contributed by atoms with E-state index in [1.54, 1.807) is 12.3 Å². The second-order valence-corrected chi connectivity index (χ2v) is 10.7. The number of nitrogens with two attached hydrogens (primary N) is 1. The Balaban J connectivity index is 1.48. The van der Waals surface area contributed by atoms with Crippen LogP contribution in [0.3, 0.4) is 0 Å². The Morgan fingerprint density at radius 2 is 1.97 bits per heavy atom. The van der Waals surface area contributed by atoms with E-state index in [0.29, 0.717) is 60.1 Å². The molecule has 11 nitrogen and oxygen atoms in total. The van der Waals surface area contributed by atoms with Crippen molar-refractivity contribution in [1.29, 1.82) is 5.26 Å². The zero-order valence-corrected chi connectivity index (χ0v) is 19.8. The molecule has 1 saturated heterocycles. The Morgan fingerprint density at radius 3 is 2.67 bits per heavy atom. The first-order chi connectivity index (χ1) is 15.7. The smallest absolute Gasteiger partial charge is 0.227 e. The molecular formula is C20H23N9O2S2. The first-order valence-electron chi connectivity index (χ1n) is 10.1. The van der Waals surface area contributed by atoms with Gasteiger partial charge in [0.25, 0.3) is 0 Å². The van der Waals surface area contributed by atoms with Crippen LogP contribution < -0.4 is 11.1 Å². The topological polar surface area (TPSA) is 154 Å². The minimum absolute atomic E-state index is 0.307. The number of hydrogen-bond donors (Lipinski definition) is 2. The van der Waals surface area contributed by atoms with Gasteiger partial charge in [-0.3, -0.25) is 9.88 Å². The number of thiazole rings is 1. The SMILES string of the molecule is Cc1cc(Nc2nccc(-c3nc(N)sc3C#N)n2)cc(CN2CCN(S(C)(=O)=O)CC2)n1. The van der Waals surface area contributed by atoms with Crippen molar-refractivity contribution in [3.8, 4) is 17.5 Å². The molecule has 0 saturated carbocycles. The van der Waals surface area contributed by atoms with E-state index in [1.165, 1.54) is 10.6 Å². The number of aryl methyl sites for hydroxylation is 1. The Bertz CT molecular complexity index is 1310. The minimum atomic E-state index is -3.16. The molecule has 1 aliphatic heterocycles. The molecule has 3 aromatic rings. The molecule has 13 heteroatoms. The largest absolute Gasteiger partial charge is 0.375 e. The van der Waals surface area contributed by atoms with Crippen molar-refractivity contribution in [3.63, 3.8) is 0 Å². The van der Waals surface area contributed by atoms with Crippen LogP contribution in [0.5, 0.6) is 0 Å². The number of anilines is 3. The van der Waals surface area contributed by atoms with Crippen LogP contribution in [0, 0.1) is 18.3 Å². The summed E-state index contributed by atoms with van der Waals surface area (Å²) < 4.78 is 24.9. The summed E-state index contributed by atoms with van der Waals surface area (Å²) in [7, 11) is -3.16. The molecule has 0 bridgehead atoms. The number of piperazine rings is 1. The predicted octanol–water partition coefficient (Wildman–Crippen LogP) is 1.58. The number of nitrogen functional groups attached to an aromatic ring is 1. The van der Waals surface area contributed by atoms with Crippen molar-refractivity contribution in [3.05, 3.63) is 40.7 Å². The molecule has 0 radical (unpaired) electrons. The number of pyridine rings is 1. The van der Waals surface area contributed by atoms with Gasteiger partial charge in [0.15, 0.2) is 5.13 Å². The van der Waals surface area contributed by atoms with E-state index in [1.807, 2.05) is 19.1 Å². The highest BCUT2D eigenvalue weighted by molar-refractivity contribution is 7.88. The van der Waals surface area contributed by atoms with E-state index in [0.717, 1.165) is 28.4 Å². The lowest BCUT2D eigenvalue weighted by Gasteiger charge is -2.33. The van der Waals surface area contributed by atoms with Gasteiger partial charge in [0, 0.05) is 50.3 Å². The van der Waals surface area contributed by atoms with E-state index in [2.05, 4.69) is 36.2 Å². The number of nitriles is 1. The lowest BCUT2D eigenvalue weighted by atomic mass is 10.2. The molecule has 3 N–H and O–H groups in total. The van der Waals surface area contributed by atoms with Gasteiger partial charge in [-0.1, -0.05) is 11.3 Å². The van der Waals surface area contributed by atoms with Crippen molar-refractivity contribution in [1.82, 2.24) is 29.1 Å². The first kappa shape index (κ1) is 23.0. The summed E-state index contributed by atoms with van der Waals surface area (Å²) >= 11 is 1.12. The third-order valence-corrected chi connectivity index (χ3v) is 7.18.